The van der Waals surface area contributed by atoms with Crippen molar-refractivity contribution in [2.75, 3.05) is 31.1 Å². The summed E-state index contributed by atoms with van der Waals surface area (Å²) in [4.78, 5) is 31.9. The van der Waals surface area contributed by atoms with Gasteiger partial charge in [-0.1, -0.05) is 46.1 Å². The number of nitrogens with zero attached hydrogens (tertiary/aromatic N) is 3. The lowest BCUT2D eigenvalue weighted by Crippen LogP contribution is -2.51. The van der Waals surface area contributed by atoms with E-state index in [1.807, 2.05) is 25.7 Å². The molecule has 1 aliphatic carbocycles. The van der Waals surface area contributed by atoms with Gasteiger partial charge in [0, 0.05) is 55.4 Å². The molecule has 0 radical (unpaired) electrons. The average molecular weight is 384 g/mol. The molecule has 5 heteroatoms. The van der Waals surface area contributed by atoms with Crippen LogP contribution in [-0.4, -0.2) is 53.8 Å². The van der Waals surface area contributed by atoms with Gasteiger partial charge < -0.3 is 14.7 Å². The fraction of sp³-hybridized carbons (Fsp3) is 0.652. The second-order valence-corrected chi connectivity index (χ2v) is 9.60. The molecule has 2 amide bonds. The number of amides is 2. The fourth-order valence-electron chi connectivity index (χ4n) is 4.84. The highest BCUT2D eigenvalue weighted by molar-refractivity contribution is 5.99. The van der Waals surface area contributed by atoms with Crippen LogP contribution in [-0.2, 0) is 11.3 Å². The minimum absolute atomic E-state index is 0.213. The molecule has 2 heterocycles. The molecular formula is C23H33N3O2. The molecule has 2 aliphatic heterocycles. The van der Waals surface area contributed by atoms with Crippen LogP contribution in [0.1, 0.15) is 68.8 Å². The highest BCUT2D eigenvalue weighted by Crippen LogP contribution is 2.33. The summed E-state index contributed by atoms with van der Waals surface area (Å²) in [6, 6.07) is 6.79. The van der Waals surface area contributed by atoms with Crippen LogP contribution in [0.3, 0.4) is 0 Å². The SMILES string of the molecule is CC(C)(C)C(=O)N1CCN(c2ccc3c(c2)C(=O)N(C2CCCCC2)C3)CC1. The number of benzene rings is 1. The monoisotopic (exact) mass is 383 g/mol. The highest BCUT2D eigenvalue weighted by atomic mass is 16.2. The molecule has 0 spiro atoms. The van der Waals surface area contributed by atoms with Crippen LogP contribution in [0.5, 0.6) is 0 Å². The summed E-state index contributed by atoms with van der Waals surface area (Å²) in [5, 5.41) is 0. The number of hydrogen-bond acceptors (Lipinski definition) is 3. The first kappa shape index (κ1) is 19.3. The first-order valence-electron chi connectivity index (χ1n) is 10.8. The van der Waals surface area contributed by atoms with Gasteiger partial charge in [0.25, 0.3) is 5.91 Å². The van der Waals surface area contributed by atoms with Gasteiger partial charge in [-0.3, -0.25) is 9.59 Å². The zero-order chi connectivity index (χ0) is 19.9. The Morgan fingerprint density at radius 3 is 2.32 bits per heavy atom. The molecule has 0 atom stereocenters. The molecule has 0 aromatic heterocycles. The lowest BCUT2D eigenvalue weighted by atomic mass is 9.94. The van der Waals surface area contributed by atoms with Crippen molar-refractivity contribution in [3.8, 4) is 0 Å². The number of carbonyl (C=O) groups excluding carboxylic acids is 2. The smallest absolute Gasteiger partial charge is 0.254 e. The van der Waals surface area contributed by atoms with E-state index >= 15 is 0 Å². The number of piperazine rings is 1. The third kappa shape index (κ3) is 3.63. The second kappa shape index (κ2) is 7.41. The number of carbonyl (C=O) groups is 2. The van der Waals surface area contributed by atoms with Gasteiger partial charge in [0.15, 0.2) is 0 Å². The van der Waals surface area contributed by atoms with Crippen LogP contribution >= 0.6 is 0 Å². The van der Waals surface area contributed by atoms with Gasteiger partial charge in [-0.15, -0.1) is 0 Å². The second-order valence-electron chi connectivity index (χ2n) is 9.60. The minimum Gasteiger partial charge on any atom is -0.368 e. The van der Waals surface area contributed by atoms with Crippen molar-refractivity contribution in [3.63, 3.8) is 0 Å². The molecule has 1 aromatic carbocycles. The maximum absolute atomic E-state index is 13.0. The molecule has 28 heavy (non-hydrogen) atoms. The molecule has 0 bridgehead atoms. The molecule has 3 aliphatic rings. The number of rotatable bonds is 2. The van der Waals surface area contributed by atoms with Gasteiger partial charge >= 0.3 is 0 Å². The molecule has 4 rings (SSSR count). The maximum atomic E-state index is 13.0. The quantitative estimate of drug-likeness (QED) is 0.783. The van der Waals surface area contributed by atoms with Gasteiger partial charge in [0.05, 0.1) is 0 Å². The van der Waals surface area contributed by atoms with E-state index in [-0.39, 0.29) is 17.2 Å². The molecular weight excluding hydrogens is 350 g/mol. The van der Waals surface area contributed by atoms with Crippen molar-refractivity contribution in [3.05, 3.63) is 29.3 Å². The van der Waals surface area contributed by atoms with Crippen molar-refractivity contribution in [2.45, 2.75) is 65.5 Å². The van der Waals surface area contributed by atoms with E-state index < -0.39 is 0 Å². The number of anilines is 1. The fourth-order valence-corrected chi connectivity index (χ4v) is 4.84. The summed E-state index contributed by atoms with van der Waals surface area (Å²) in [5.41, 5.74) is 2.84. The third-order valence-electron chi connectivity index (χ3n) is 6.51. The average Bonchev–Trinajstić information content (AvgIpc) is 3.03. The Kier molecular flexibility index (Phi) is 5.11. The van der Waals surface area contributed by atoms with Crippen LogP contribution in [0.4, 0.5) is 5.69 Å². The first-order chi connectivity index (χ1) is 13.3. The summed E-state index contributed by atoms with van der Waals surface area (Å²) in [5.74, 6) is 0.435. The Morgan fingerprint density at radius 1 is 1.00 bits per heavy atom. The zero-order valence-electron chi connectivity index (χ0n) is 17.5. The summed E-state index contributed by atoms with van der Waals surface area (Å²) >= 11 is 0. The molecule has 5 nitrogen and oxygen atoms in total. The number of fused-ring (bicyclic) bond motifs is 1. The minimum atomic E-state index is -0.329. The summed E-state index contributed by atoms with van der Waals surface area (Å²) in [6.45, 7) is 9.84. The Hall–Kier alpha value is -2.04. The molecule has 152 valence electrons. The predicted molar refractivity (Wildman–Crippen MR) is 111 cm³/mol. The van der Waals surface area contributed by atoms with Gasteiger partial charge in [-0.05, 0) is 30.5 Å². The Morgan fingerprint density at radius 2 is 1.68 bits per heavy atom. The molecule has 1 aromatic rings. The van der Waals surface area contributed by atoms with Crippen LogP contribution in [0.15, 0.2) is 18.2 Å². The molecule has 2 fully saturated rings. The van der Waals surface area contributed by atoms with Gasteiger partial charge in [0.1, 0.15) is 0 Å². The van der Waals surface area contributed by atoms with Crippen molar-refractivity contribution in [1.29, 1.82) is 0 Å². The van der Waals surface area contributed by atoms with Gasteiger partial charge in [-0.25, -0.2) is 0 Å². The van der Waals surface area contributed by atoms with E-state index in [0.717, 1.165) is 56.8 Å². The molecule has 0 N–H and O–H groups in total. The molecule has 1 saturated heterocycles. The highest BCUT2D eigenvalue weighted by Gasteiger charge is 2.34. The van der Waals surface area contributed by atoms with E-state index in [1.165, 1.54) is 24.8 Å². The normalized spacial score (nSPS) is 21.2. The standard InChI is InChI=1S/C23H33N3O2/c1-23(2,3)22(28)25-13-11-24(12-14-25)19-10-9-17-16-26(21(27)20(17)15-19)18-7-5-4-6-8-18/h9-10,15,18H,4-8,11-14,16H2,1-3H3. The van der Waals surface area contributed by atoms with Gasteiger partial charge in [0.2, 0.25) is 5.91 Å². The molecule has 1 saturated carbocycles. The van der Waals surface area contributed by atoms with Crippen molar-refractivity contribution >= 4 is 17.5 Å². The van der Waals surface area contributed by atoms with Crippen LogP contribution < -0.4 is 4.90 Å². The molecule has 0 unspecified atom stereocenters. The van der Waals surface area contributed by atoms with Crippen molar-refractivity contribution in [1.82, 2.24) is 9.80 Å². The Bertz CT molecular complexity index is 754. The topological polar surface area (TPSA) is 43.9 Å². The maximum Gasteiger partial charge on any atom is 0.254 e. The Labute approximate surface area is 168 Å². The summed E-state index contributed by atoms with van der Waals surface area (Å²) < 4.78 is 0. The van der Waals surface area contributed by atoms with E-state index in [4.69, 9.17) is 0 Å². The largest absolute Gasteiger partial charge is 0.368 e. The summed E-state index contributed by atoms with van der Waals surface area (Å²) in [6.07, 6.45) is 6.09. The summed E-state index contributed by atoms with van der Waals surface area (Å²) in [7, 11) is 0. The third-order valence-corrected chi connectivity index (χ3v) is 6.51. The van der Waals surface area contributed by atoms with E-state index in [1.54, 1.807) is 0 Å². The van der Waals surface area contributed by atoms with Crippen LogP contribution in [0.2, 0.25) is 0 Å². The lowest BCUT2D eigenvalue weighted by Gasteiger charge is -2.38. The van der Waals surface area contributed by atoms with Gasteiger partial charge in [-0.2, -0.15) is 0 Å². The van der Waals surface area contributed by atoms with Crippen molar-refractivity contribution in [2.24, 2.45) is 5.41 Å². The van der Waals surface area contributed by atoms with Crippen molar-refractivity contribution < 1.29 is 9.59 Å². The van der Waals surface area contributed by atoms with Crippen LogP contribution in [0.25, 0.3) is 0 Å². The van der Waals surface area contributed by atoms with E-state index in [9.17, 15) is 9.59 Å². The Balaban J connectivity index is 1.43. The first-order valence-corrected chi connectivity index (χ1v) is 10.8. The van der Waals surface area contributed by atoms with E-state index in [0.29, 0.717) is 6.04 Å². The van der Waals surface area contributed by atoms with Crippen LogP contribution in [0, 0.1) is 5.41 Å². The zero-order valence-corrected chi connectivity index (χ0v) is 17.5. The predicted octanol–water partition coefficient (Wildman–Crippen LogP) is 3.67. The van der Waals surface area contributed by atoms with E-state index in [2.05, 4.69) is 28.0 Å². The number of hydrogen-bond donors (Lipinski definition) is 0. The lowest BCUT2D eigenvalue weighted by molar-refractivity contribution is -0.139.